The van der Waals surface area contributed by atoms with Crippen LogP contribution in [0.5, 0.6) is 6.01 Å². The molecule has 32 heavy (non-hydrogen) atoms. The molecule has 0 bridgehead atoms. The smallest absolute Gasteiger partial charge is 0.339 e. The van der Waals surface area contributed by atoms with Gasteiger partial charge in [-0.3, -0.25) is 4.79 Å². The number of hydrogen-bond donors (Lipinski definition) is 1. The van der Waals surface area contributed by atoms with Gasteiger partial charge in [0.15, 0.2) is 5.69 Å². The summed E-state index contributed by atoms with van der Waals surface area (Å²) >= 11 is 0. The Kier molecular flexibility index (Phi) is 6.29. The van der Waals surface area contributed by atoms with Crippen LogP contribution in [0.15, 0.2) is 53.4 Å². The van der Waals surface area contributed by atoms with Crippen molar-refractivity contribution in [3.8, 4) is 6.01 Å². The topological polar surface area (TPSA) is 120 Å². The number of para-hydroxylation sites is 1. The van der Waals surface area contributed by atoms with Gasteiger partial charge in [0.2, 0.25) is 0 Å². The van der Waals surface area contributed by atoms with Crippen molar-refractivity contribution in [1.29, 1.82) is 0 Å². The molecule has 166 valence electrons. The van der Waals surface area contributed by atoms with E-state index in [1.54, 1.807) is 42.7 Å². The highest BCUT2D eigenvalue weighted by Crippen LogP contribution is 2.25. The Morgan fingerprint density at radius 1 is 1.19 bits per heavy atom. The third kappa shape index (κ3) is 4.69. The van der Waals surface area contributed by atoms with Crippen LogP contribution in [0.3, 0.4) is 0 Å². The molecule has 2 aromatic heterocycles. The van der Waals surface area contributed by atoms with Crippen LogP contribution in [-0.4, -0.2) is 53.1 Å². The van der Waals surface area contributed by atoms with Crippen molar-refractivity contribution in [2.75, 3.05) is 30.4 Å². The zero-order chi connectivity index (χ0) is 22.5. The molecule has 0 saturated carbocycles. The number of nitrogens with zero attached hydrogens (tertiary/aromatic N) is 4. The highest BCUT2D eigenvalue weighted by atomic mass is 16.5. The minimum Gasteiger partial charge on any atom is -0.465 e. The number of esters is 1. The number of carbonyl (C=O) groups excluding carboxylic acids is 2. The van der Waals surface area contributed by atoms with Gasteiger partial charge in [-0.2, -0.15) is 4.98 Å². The van der Waals surface area contributed by atoms with Crippen LogP contribution in [0.4, 0.5) is 11.7 Å². The van der Waals surface area contributed by atoms with Crippen LogP contribution in [0, 0.1) is 5.92 Å². The molecule has 1 aliphatic rings. The average molecular weight is 437 g/mol. The fourth-order valence-electron chi connectivity index (χ4n) is 3.53. The second kappa shape index (κ2) is 9.46. The number of piperidine rings is 1. The number of methoxy groups -OCH3 is 1. The molecule has 10 nitrogen and oxygen atoms in total. The summed E-state index contributed by atoms with van der Waals surface area (Å²) in [4.78, 5) is 39.1. The number of ether oxygens (including phenoxy) is 2. The molecule has 1 aromatic carbocycles. The lowest BCUT2D eigenvalue weighted by Crippen LogP contribution is -2.44. The van der Waals surface area contributed by atoms with Gasteiger partial charge in [0.25, 0.3) is 11.9 Å². The number of anilines is 2. The molecule has 3 heterocycles. The normalized spacial score (nSPS) is 18.1. The monoisotopic (exact) mass is 437 g/mol. The number of hydrogen-bond acceptors (Lipinski definition) is 9. The van der Waals surface area contributed by atoms with E-state index in [9.17, 15) is 9.59 Å². The maximum Gasteiger partial charge on any atom is 0.339 e. The zero-order valence-electron chi connectivity index (χ0n) is 17.7. The maximum absolute atomic E-state index is 12.7. The number of rotatable bonds is 6. The summed E-state index contributed by atoms with van der Waals surface area (Å²) < 4.78 is 16.2. The van der Waals surface area contributed by atoms with Crippen molar-refractivity contribution in [1.82, 2.24) is 15.0 Å². The first-order chi connectivity index (χ1) is 15.5. The molecule has 1 saturated heterocycles. The van der Waals surface area contributed by atoms with Crippen LogP contribution < -0.4 is 15.0 Å². The maximum atomic E-state index is 12.7. The van der Waals surface area contributed by atoms with Gasteiger partial charge in [0.1, 0.15) is 12.4 Å². The minimum absolute atomic E-state index is 0.0267. The zero-order valence-corrected chi connectivity index (χ0v) is 17.7. The molecule has 0 unspecified atom stereocenters. The number of oxazole rings is 1. The number of amides is 1. The van der Waals surface area contributed by atoms with E-state index in [0.29, 0.717) is 30.8 Å². The standard InChI is InChI=1S/C22H23N5O5/c1-14-12-27(11-8-18(14)32-21-23-9-5-10-24-21)22-26-17(13-31-22)19(28)25-16-7-4-3-6-15(16)20(29)30-2/h3-7,9-10,13-14,18H,8,11-12H2,1-2H3,(H,25,28)/t14-,18+/m0/s1. The molecule has 10 heteroatoms. The van der Waals surface area contributed by atoms with Gasteiger partial charge in [0.05, 0.1) is 18.4 Å². The van der Waals surface area contributed by atoms with Crippen molar-refractivity contribution in [2.45, 2.75) is 19.4 Å². The van der Waals surface area contributed by atoms with E-state index in [1.165, 1.54) is 13.4 Å². The minimum atomic E-state index is -0.540. The third-order valence-electron chi connectivity index (χ3n) is 5.20. The summed E-state index contributed by atoms with van der Waals surface area (Å²) in [5, 5.41) is 2.69. The van der Waals surface area contributed by atoms with Crippen LogP contribution in [0.2, 0.25) is 0 Å². The van der Waals surface area contributed by atoms with Gasteiger partial charge in [-0.25, -0.2) is 14.8 Å². The van der Waals surface area contributed by atoms with Crippen LogP contribution in [0.25, 0.3) is 0 Å². The molecular weight excluding hydrogens is 414 g/mol. The van der Waals surface area contributed by atoms with Gasteiger partial charge < -0.3 is 24.1 Å². The molecule has 3 aromatic rings. The van der Waals surface area contributed by atoms with E-state index in [0.717, 1.165) is 6.42 Å². The van der Waals surface area contributed by atoms with Gasteiger partial charge >= 0.3 is 12.0 Å². The summed E-state index contributed by atoms with van der Waals surface area (Å²) in [6.45, 7) is 3.36. The van der Waals surface area contributed by atoms with Crippen LogP contribution >= 0.6 is 0 Å². The van der Waals surface area contributed by atoms with Gasteiger partial charge in [0, 0.05) is 37.8 Å². The van der Waals surface area contributed by atoms with Gasteiger partial charge in [-0.05, 0) is 18.2 Å². The Balaban J connectivity index is 1.39. The molecule has 0 radical (unpaired) electrons. The predicted molar refractivity (Wildman–Crippen MR) is 115 cm³/mol. The second-order valence-electron chi connectivity index (χ2n) is 7.41. The Morgan fingerprint density at radius 3 is 2.72 bits per heavy atom. The lowest BCUT2D eigenvalue weighted by Gasteiger charge is -2.35. The molecule has 4 rings (SSSR count). The molecule has 1 fully saturated rings. The summed E-state index contributed by atoms with van der Waals surface area (Å²) in [6.07, 6.45) is 5.30. The Bertz CT molecular complexity index is 1090. The van der Waals surface area contributed by atoms with Crippen molar-refractivity contribution in [3.63, 3.8) is 0 Å². The van der Waals surface area contributed by atoms with Crippen molar-refractivity contribution in [2.24, 2.45) is 5.92 Å². The average Bonchev–Trinajstić information content (AvgIpc) is 3.31. The molecule has 0 aliphatic carbocycles. The Hall–Kier alpha value is -3.95. The molecule has 0 spiro atoms. The van der Waals surface area contributed by atoms with Crippen LogP contribution in [-0.2, 0) is 4.74 Å². The highest BCUT2D eigenvalue weighted by Gasteiger charge is 2.31. The number of aromatic nitrogens is 3. The van der Waals surface area contributed by atoms with E-state index >= 15 is 0 Å². The Labute approximate surface area is 184 Å². The van der Waals surface area contributed by atoms with Crippen molar-refractivity contribution in [3.05, 3.63) is 60.2 Å². The number of carbonyl (C=O) groups is 2. The highest BCUT2D eigenvalue weighted by molar-refractivity contribution is 6.07. The molecule has 1 amide bonds. The number of nitrogens with one attached hydrogen (secondary N) is 1. The summed E-state index contributed by atoms with van der Waals surface area (Å²) in [7, 11) is 1.28. The van der Waals surface area contributed by atoms with Gasteiger partial charge in [-0.15, -0.1) is 0 Å². The fourth-order valence-corrected chi connectivity index (χ4v) is 3.53. The van der Waals surface area contributed by atoms with Crippen molar-refractivity contribution < 1.29 is 23.5 Å². The van der Waals surface area contributed by atoms with Gasteiger partial charge in [-0.1, -0.05) is 19.1 Å². The SMILES string of the molecule is COC(=O)c1ccccc1NC(=O)c1coc(N2CC[C@@H](Oc3ncccn3)[C@@H](C)C2)n1. The first-order valence-corrected chi connectivity index (χ1v) is 10.2. The molecule has 2 atom stereocenters. The molecular formula is C22H23N5O5. The summed E-state index contributed by atoms with van der Waals surface area (Å²) in [5.74, 6) is -0.853. The van der Waals surface area contributed by atoms with E-state index in [2.05, 4.69) is 27.2 Å². The lowest BCUT2D eigenvalue weighted by molar-refractivity contribution is 0.0602. The molecule has 1 aliphatic heterocycles. The largest absolute Gasteiger partial charge is 0.465 e. The van der Waals surface area contributed by atoms with Crippen LogP contribution in [0.1, 0.15) is 34.2 Å². The third-order valence-corrected chi connectivity index (χ3v) is 5.20. The summed E-state index contributed by atoms with van der Waals surface area (Å²) in [5.41, 5.74) is 0.706. The summed E-state index contributed by atoms with van der Waals surface area (Å²) in [6, 6.07) is 9.05. The second-order valence-corrected chi connectivity index (χ2v) is 7.41. The van der Waals surface area contributed by atoms with E-state index in [1.807, 2.05) is 4.90 Å². The Morgan fingerprint density at radius 2 is 1.97 bits per heavy atom. The first kappa shape index (κ1) is 21.3. The molecule has 1 N–H and O–H groups in total. The van der Waals surface area contributed by atoms with E-state index in [4.69, 9.17) is 13.9 Å². The predicted octanol–water partition coefficient (Wildman–Crippen LogP) is 2.80. The van der Waals surface area contributed by atoms with Crippen molar-refractivity contribution >= 4 is 23.6 Å². The van der Waals surface area contributed by atoms with E-state index in [-0.39, 0.29) is 23.3 Å². The number of benzene rings is 1. The fraction of sp³-hybridized carbons (Fsp3) is 0.318. The first-order valence-electron chi connectivity index (χ1n) is 10.2. The quantitative estimate of drug-likeness (QED) is 0.580. The van der Waals surface area contributed by atoms with E-state index < -0.39 is 11.9 Å². The lowest BCUT2D eigenvalue weighted by atomic mass is 9.97.